The largest absolute Gasteiger partial charge is 0.368 e. The number of nitrogens with zero attached hydrogens (tertiary/aromatic N) is 1. The third-order valence-electron chi connectivity index (χ3n) is 3.75. The fourth-order valence-electron chi connectivity index (χ4n) is 2.46. The van der Waals surface area contributed by atoms with Crippen LogP contribution < -0.4 is 5.32 Å². The second kappa shape index (κ2) is 7.03. The van der Waals surface area contributed by atoms with Gasteiger partial charge in [-0.3, -0.25) is 4.79 Å². The molecule has 5 heteroatoms. The van der Waals surface area contributed by atoms with E-state index in [1.807, 2.05) is 0 Å². The molecule has 0 bridgehead atoms. The van der Waals surface area contributed by atoms with E-state index in [4.69, 9.17) is 4.74 Å². The fraction of sp³-hybridized carbons (Fsp3) is 0.412. The average Bonchev–Trinajstić information content (AvgIpc) is 3.19. The van der Waals surface area contributed by atoms with Crippen molar-refractivity contribution in [2.45, 2.75) is 32.3 Å². The third-order valence-corrected chi connectivity index (χ3v) is 4.69. The molecule has 1 aliphatic rings. The normalized spacial score (nSPS) is 17.6. The van der Waals surface area contributed by atoms with Gasteiger partial charge >= 0.3 is 0 Å². The lowest BCUT2D eigenvalue weighted by atomic mass is 10.2. The number of ether oxygens (including phenoxy) is 1. The lowest BCUT2D eigenvalue weighted by Crippen LogP contribution is -2.35. The molecule has 1 aromatic carbocycles. The summed E-state index contributed by atoms with van der Waals surface area (Å²) in [7, 11) is 0. The van der Waals surface area contributed by atoms with E-state index >= 15 is 0 Å². The number of aryl methyl sites for hydroxylation is 1. The Labute approximate surface area is 134 Å². The fourth-order valence-corrected chi connectivity index (χ4v) is 3.32. The maximum atomic E-state index is 11.8. The number of carbonyl (C=O) groups is 1. The molecular weight excluding hydrogens is 296 g/mol. The van der Waals surface area contributed by atoms with Gasteiger partial charge < -0.3 is 10.1 Å². The number of nitrogens with one attached hydrogen (secondary N) is 1. The first kappa shape index (κ1) is 15.2. The summed E-state index contributed by atoms with van der Waals surface area (Å²) in [4.78, 5) is 16.5. The molecule has 0 saturated carbocycles. The van der Waals surface area contributed by atoms with Gasteiger partial charge in [0.15, 0.2) is 0 Å². The Balaban J connectivity index is 1.51. The Hall–Kier alpha value is -1.72. The van der Waals surface area contributed by atoms with E-state index in [-0.39, 0.29) is 12.0 Å². The van der Waals surface area contributed by atoms with E-state index in [0.717, 1.165) is 35.5 Å². The number of amides is 1. The number of rotatable bonds is 5. The molecule has 0 radical (unpaired) electrons. The van der Waals surface area contributed by atoms with Crippen molar-refractivity contribution in [3.05, 3.63) is 40.9 Å². The number of aromatic nitrogens is 1. The minimum Gasteiger partial charge on any atom is -0.368 e. The van der Waals surface area contributed by atoms with Gasteiger partial charge in [0.1, 0.15) is 11.1 Å². The molecule has 1 fully saturated rings. The summed E-state index contributed by atoms with van der Waals surface area (Å²) in [5, 5.41) is 6.02. The van der Waals surface area contributed by atoms with Crippen molar-refractivity contribution in [3.63, 3.8) is 0 Å². The highest BCUT2D eigenvalue weighted by Gasteiger charge is 2.22. The van der Waals surface area contributed by atoms with E-state index in [9.17, 15) is 4.79 Å². The summed E-state index contributed by atoms with van der Waals surface area (Å²) in [5.41, 5.74) is 3.41. The lowest BCUT2D eigenvalue weighted by Gasteiger charge is -2.09. The maximum absolute atomic E-state index is 11.8. The van der Waals surface area contributed by atoms with Crippen LogP contribution in [0.15, 0.2) is 29.6 Å². The van der Waals surface area contributed by atoms with Gasteiger partial charge in [0.25, 0.3) is 0 Å². The van der Waals surface area contributed by atoms with Gasteiger partial charge in [0.05, 0.1) is 5.69 Å². The number of benzene rings is 1. The molecule has 1 aromatic heterocycles. The monoisotopic (exact) mass is 316 g/mol. The topological polar surface area (TPSA) is 51.2 Å². The molecule has 0 aliphatic carbocycles. The minimum absolute atomic E-state index is 0.00601. The molecule has 3 rings (SSSR count). The molecule has 1 saturated heterocycles. The predicted molar refractivity (Wildman–Crippen MR) is 88.0 cm³/mol. The minimum atomic E-state index is -0.251. The Bertz CT molecular complexity index is 630. The highest BCUT2D eigenvalue weighted by atomic mass is 32.1. The third kappa shape index (κ3) is 3.72. The molecule has 1 amide bonds. The van der Waals surface area contributed by atoms with Crippen molar-refractivity contribution in [3.8, 4) is 10.6 Å². The van der Waals surface area contributed by atoms with Crippen LogP contribution in [0.3, 0.4) is 0 Å². The van der Waals surface area contributed by atoms with E-state index < -0.39 is 0 Å². The molecule has 0 unspecified atom stereocenters. The molecule has 1 N–H and O–H groups in total. The van der Waals surface area contributed by atoms with Gasteiger partial charge in [-0.05, 0) is 19.8 Å². The zero-order chi connectivity index (χ0) is 15.4. The average molecular weight is 316 g/mol. The number of thiazole rings is 1. The molecule has 116 valence electrons. The van der Waals surface area contributed by atoms with E-state index in [0.29, 0.717) is 13.2 Å². The molecular formula is C17H20N2O2S. The van der Waals surface area contributed by atoms with E-state index in [1.165, 1.54) is 5.56 Å². The van der Waals surface area contributed by atoms with Crippen molar-refractivity contribution in [2.75, 3.05) is 13.2 Å². The number of hydrogen-bond acceptors (Lipinski definition) is 4. The van der Waals surface area contributed by atoms with E-state index in [1.54, 1.807) is 11.3 Å². The molecule has 1 atom stereocenters. The van der Waals surface area contributed by atoms with Crippen LogP contribution >= 0.6 is 11.3 Å². The van der Waals surface area contributed by atoms with Gasteiger partial charge in [-0.15, -0.1) is 11.3 Å². The van der Waals surface area contributed by atoms with Crippen LogP contribution in [-0.2, 0) is 16.0 Å². The summed E-state index contributed by atoms with van der Waals surface area (Å²) in [6, 6.07) is 8.38. The SMILES string of the molecule is Cc1ccc(-c2nc(CCNC(=O)[C@@H]3CCCO3)cs2)cc1. The second-order valence-electron chi connectivity index (χ2n) is 5.55. The summed E-state index contributed by atoms with van der Waals surface area (Å²) >= 11 is 1.64. The van der Waals surface area contributed by atoms with Crippen LogP contribution in [-0.4, -0.2) is 30.1 Å². The number of hydrogen-bond donors (Lipinski definition) is 1. The van der Waals surface area contributed by atoms with Crippen molar-refractivity contribution < 1.29 is 9.53 Å². The maximum Gasteiger partial charge on any atom is 0.249 e. The summed E-state index contributed by atoms with van der Waals surface area (Å²) in [6.45, 7) is 3.38. The number of carbonyl (C=O) groups excluding carboxylic acids is 1. The zero-order valence-corrected chi connectivity index (χ0v) is 13.5. The first-order valence-electron chi connectivity index (χ1n) is 7.63. The smallest absolute Gasteiger partial charge is 0.249 e. The van der Waals surface area contributed by atoms with Crippen LogP contribution in [0.5, 0.6) is 0 Å². The molecule has 4 nitrogen and oxygen atoms in total. The standard InChI is InChI=1S/C17H20N2O2S/c1-12-4-6-13(7-5-12)17-19-14(11-22-17)8-9-18-16(20)15-3-2-10-21-15/h4-7,11,15H,2-3,8-10H2,1H3,(H,18,20)/t15-/m0/s1. The molecule has 22 heavy (non-hydrogen) atoms. The molecule has 1 aliphatic heterocycles. The Morgan fingerprint density at radius 3 is 2.95 bits per heavy atom. The van der Waals surface area contributed by atoms with Gasteiger partial charge in [0, 0.05) is 30.5 Å². The Morgan fingerprint density at radius 2 is 2.23 bits per heavy atom. The van der Waals surface area contributed by atoms with E-state index in [2.05, 4.69) is 46.9 Å². The van der Waals surface area contributed by atoms with Gasteiger partial charge in [-0.25, -0.2) is 4.98 Å². The lowest BCUT2D eigenvalue weighted by molar-refractivity contribution is -0.129. The van der Waals surface area contributed by atoms with Crippen molar-refractivity contribution >= 4 is 17.2 Å². The first-order valence-corrected chi connectivity index (χ1v) is 8.51. The summed E-state index contributed by atoms with van der Waals surface area (Å²) in [5.74, 6) is 0.00601. The van der Waals surface area contributed by atoms with Gasteiger partial charge in [0.2, 0.25) is 5.91 Å². The molecule has 2 aromatic rings. The van der Waals surface area contributed by atoms with Crippen LogP contribution in [0.2, 0.25) is 0 Å². The zero-order valence-electron chi connectivity index (χ0n) is 12.7. The van der Waals surface area contributed by atoms with Crippen molar-refractivity contribution in [2.24, 2.45) is 0 Å². The van der Waals surface area contributed by atoms with Crippen LogP contribution in [0.4, 0.5) is 0 Å². The summed E-state index contributed by atoms with van der Waals surface area (Å²) < 4.78 is 5.36. The van der Waals surface area contributed by atoms with Crippen LogP contribution in [0.1, 0.15) is 24.1 Å². The molecule has 2 heterocycles. The highest BCUT2D eigenvalue weighted by Crippen LogP contribution is 2.24. The first-order chi connectivity index (χ1) is 10.7. The predicted octanol–water partition coefficient (Wildman–Crippen LogP) is 2.96. The quantitative estimate of drug-likeness (QED) is 0.922. The molecule has 0 spiro atoms. The summed E-state index contributed by atoms with van der Waals surface area (Å²) in [6.07, 6.45) is 2.31. The van der Waals surface area contributed by atoms with Gasteiger partial charge in [-0.2, -0.15) is 0 Å². The van der Waals surface area contributed by atoms with Crippen LogP contribution in [0.25, 0.3) is 10.6 Å². The van der Waals surface area contributed by atoms with Crippen molar-refractivity contribution in [1.82, 2.24) is 10.3 Å². The Kier molecular flexibility index (Phi) is 4.85. The Morgan fingerprint density at radius 1 is 1.41 bits per heavy atom. The van der Waals surface area contributed by atoms with Gasteiger partial charge in [-0.1, -0.05) is 29.8 Å². The second-order valence-corrected chi connectivity index (χ2v) is 6.41. The van der Waals surface area contributed by atoms with Crippen LogP contribution in [0, 0.1) is 6.92 Å². The van der Waals surface area contributed by atoms with Crippen molar-refractivity contribution in [1.29, 1.82) is 0 Å². The highest BCUT2D eigenvalue weighted by molar-refractivity contribution is 7.13.